The van der Waals surface area contributed by atoms with Crippen molar-refractivity contribution in [1.82, 2.24) is 0 Å². The van der Waals surface area contributed by atoms with Gasteiger partial charge in [-0.1, -0.05) is 118 Å². The lowest BCUT2D eigenvalue weighted by molar-refractivity contribution is 0.0726. The summed E-state index contributed by atoms with van der Waals surface area (Å²) in [5, 5.41) is 13.5. The normalized spacial score (nSPS) is 19.1. The van der Waals surface area contributed by atoms with Crippen LogP contribution in [0.2, 0.25) is 5.04 Å². The lowest BCUT2D eigenvalue weighted by Gasteiger charge is -2.43. The van der Waals surface area contributed by atoms with E-state index in [0.29, 0.717) is 6.61 Å². The Balaban J connectivity index is 1.67. The largest absolute Gasteiger partial charge is 0.403 e. The fourth-order valence-corrected chi connectivity index (χ4v) is 9.47. The van der Waals surface area contributed by atoms with E-state index < -0.39 is 13.9 Å². The molecule has 1 atom stereocenters. The first-order valence-corrected chi connectivity index (χ1v) is 13.5. The highest BCUT2D eigenvalue weighted by Crippen LogP contribution is 2.37. The molecule has 0 saturated heterocycles. The predicted octanol–water partition coefficient (Wildman–Crippen LogP) is 5.69. The van der Waals surface area contributed by atoms with Crippen LogP contribution in [0.5, 0.6) is 0 Å². The van der Waals surface area contributed by atoms with Gasteiger partial charge in [0, 0.05) is 0 Å². The van der Waals surface area contributed by atoms with E-state index in [0.717, 1.165) is 30.4 Å². The molecular weight excluding hydrogens is 408 g/mol. The summed E-state index contributed by atoms with van der Waals surface area (Å²) in [6, 6.07) is 29.8. The van der Waals surface area contributed by atoms with Gasteiger partial charge in [-0.15, -0.1) is 0 Å². The van der Waals surface area contributed by atoms with Gasteiger partial charge in [0.1, 0.15) is 5.60 Å². The van der Waals surface area contributed by atoms with Gasteiger partial charge in [-0.05, 0) is 45.8 Å². The van der Waals surface area contributed by atoms with Crippen LogP contribution < -0.4 is 10.4 Å². The Morgan fingerprint density at radius 2 is 1.41 bits per heavy atom. The molecule has 0 aliphatic heterocycles. The van der Waals surface area contributed by atoms with Gasteiger partial charge in [0.05, 0.1) is 6.61 Å². The number of benzene rings is 3. The van der Waals surface area contributed by atoms with Crippen LogP contribution in [0, 0.1) is 0 Å². The van der Waals surface area contributed by atoms with Crippen molar-refractivity contribution >= 4 is 18.7 Å². The van der Waals surface area contributed by atoms with Crippen molar-refractivity contribution in [2.45, 2.75) is 57.3 Å². The molecule has 166 valence electrons. The Kier molecular flexibility index (Phi) is 6.52. The van der Waals surface area contributed by atoms with Crippen LogP contribution in [0.3, 0.4) is 0 Å². The zero-order chi connectivity index (χ0) is 22.7. The molecule has 1 aliphatic carbocycles. The number of hydrogen-bond donors (Lipinski definition) is 1. The molecular formula is C29H34O2Si. The molecule has 0 spiro atoms. The molecule has 1 unspecified atom stereocenters. The summed E-state index contributed by atoms with van der Waals surface area (Å²) < 4.78 is 7.03. The highest BCUT2D eigenvalue weighted by Gasteiger charge is 2.50. The van der Waals surface area contributed by atoms with Crippen molar-refractivity contribution in [2.75, 3.05) is 0 Å². The van der Waals surface area contributed by atoms with E-state index >= 15 is 0 Å². The topological polar surface area (TPSA) is 29.5 Å². The van der Waals surface area contributed by atoms with Crippen LogP contribution in [0.4, 0.5) is 0 Å². The standard InChI is InChI=1S/C29H34O2Si/c1-28(2,3)32(26-13-7-4-8-14-26,27-15-9-5-10-16-27)31-23-24-17-19-25(20-18-24)29(30)21-11-6-12-22-29/h4-5,7-11,13-21,30H,6,12,22-23H2,1-3H3. The summed E-state index contributed by atoms with van der Waals surface area (Å²) in [5.41, 5.74) is 1.25. The third kappa shape index (κ3) is 4.38. The van der Waals surface area contributed by atoms with E-state index in [1.807, 2.05) is 6.08 Å². The molecule has 0 bridgehead atoms. The van der Waals surface area contributed by atoms with E-state index in [1.54, 1.807) is 0 Å². The zero-order valence-corrected chi connectivity index (χ0v) is 20.4. The second kappa shape index (κ2) is 9.19. The fraction of sp³-hybridized carbons (Fsp3) is 0.310. The quantitative estimate of drug-likeness (QED) is 0.392. The number of rotatable bonds is 6. The Bertz CT molecular complexity index is 997. The second-order valence-corrected chi connectivity index (χ2v) is 14.2. The van der Waals surface area contributed by atoms with Crippen molar-refractivity contribution < 1.29 is 9.53 Å². The monoisotopic (exact) mass is 442 g/mol. The molecule has 3 aromatic carbocycles. The molecule has 0 aromatic heterocycles. The molecule has 0 saturated carbocycles. The smallest absolute Gasteiger partial charge is 0.261 e. The first-order valence-electron chi connectivity index (χ1n) is 11.6. The van der Waals surface area contributed by atoms with Gasteiger partial charge in [0.2, 0.25) is 0 Å². The van der Waals surface area contributed by atoms with Crippen LogP contribution in [0.1, 0.15) is 51.2 Å². The maximum absolute atomic E-state index is 11.0. The summed E-state index contributed by atoms with van der Waals surface area (Å²) in [4.78, 5) is 0. The van der Waals surface area contributed by atoms with E-state index in [1.165, 1.54) is 10.4 Å². The van der Waals surface area contributed by atoms with Crippen LogP contribution in [-0.2, 0) is 16.6 Å². The molecule has 4 rings (SSSR count). The summed E-state index contributed by atoms with van der Waals surface area (Å²) in [7, 11) is -2.55. The highest BCUT2D eigenvalue weighted by molar-refractivity contribution is 6.99. The van der Waals surface area contributed by atoms with E-state index in [4.69, 9.17) is 4.43 Å². The Labute approximate surface area is 193 Å². The molecule has 3 aromatic rings. The van der Waals surface area contributed by atoms with Crippen molar-refractivity contribution in [3.63, 3.8) is 0 Å². The highest BCUT2D eigenvalue weighted by atomic mass is 28.4. The minimum absolute atomic E-state index is 0.0440. The Morgan fingerprint density at radius 3 is 1.88 bits per heavy atom. The third-order valence-electron chi connectivity index (χ3n) is 6.65. The number of aliphatic hydroxyl groups is 1. The van der Waals surface area contributed by atoms with Gasteiger partial charge in [-0.2, -0.15) is 0 Å². The number of hydrogen-bond acceptors (Lipinski definition) is 2. The van der Waals surface area contributed by atoms with Gasteiger partial charge in [0.25, 0.3) is 8.32 Å². The maximum atomic E-state index is 11.0. The summed E-state index contributed by atoms with van der Waals surface area (Å²) in [6.07, 6.45) is 6.88. The molecule has 0 fully saturated rings. The third-order valence-corrected chi connectivity index (χ3v) is 11.6. The van der Waals surface area contributed by atoms with Gasteiger partial charge < -0.3 is 9.53 Å². The zero-order valence-electron chi connectivity index (χ0n) is 19.4. The Hall–Kier alpha value is -2.46. The van der Waals surface area contributed by atoms with Crippen molar-refractivity contribution in [3.8, 4) is 0 Å². The average molecular weight is 443 g/mol. The molecule has 3 heteroatoms. The maximum Gasteiger partial charge on any atom is 0.261 e. The van der Waals surface area contributed by atoms with Crippen molar-refractivity contribution in [2.24, 2.45) is 0 Å². The summed E-state index contributed by atoms with van der Waals surface area (Å²) >= 11 is 0. The van der Waals surface area contributed by atoms with Gasteiger partial charge in [-0.3, -0.25) is 0 Å². The van der Waals surface area contributed by atoms with Crippen LogP contribution in [0.15, 0.2) is 97.1 Å². The Morgan fingerprint density at radius 1 is 0.844 bits per heavy atom. The van der Waals surface area contributed by atoms with E-state index in [2.05, 4.69) is 112 Å². The molecule has 0 heterocycles. The summed E-state index contributed by atoms with van der Waals surface area (Å²) in [5.74, 6) is 0. The lowest BCUT2D eigenvalue weighted by Crippen LogP contribution is -2.66. The number of allylic oxidation sites excluding steroid dienone is 1. The SMILES string of the molecule is CC(C)(C)[Si](OCc1ccc(C2(O)C=CCCC2)cc1)(c1ccccc1)c1ccccc1. The van der Waals surface area contributed by atoms with Gasteiger partial charge in [-0.25, -0.2) is 0 Å². The van der Waals surface area contributed by atoms with E-state index in [-0.39, 0.29) is 5.04 Å². The van der Waals surface area contributed by atoms with E-state index in [9.17, 15) is 5.11 Å². The fourth-order valence-electron chi connectivity index (χ4n) is 4.93. The molecule has 0 amide bonds. The van der Waals surface area contributed by atoms with Crippen molar-refractivity contribution in [1.29, 1.82) is 0 Å². The average Bonchev–Trinajstić information content (AvgIpc) is 2.81. The molecule has 2 nitrogen and oxygen atoms in total. The molecule has 0 radical (unpaired) electrons. The second-order valence-electron chi connectivity index (χ2n) is 9.87. The van der Waals surface area contributed by atoms with Gasteiger partial charge in [0.15, 0.2) is 0 Å². The first kappa shape index (κ1) is 22.7. The van der Waals surface area contributed by atoms with Crippen molar-refractivity contribution in [3.05, 3.63) is 108 Å². The summed E-state index contributed by atoms with van der Waals surface area (Å²) in [6.45, 7) is 7.44. The molecule has 1 aliphatic rings. The van der Waals surface area contributed by atoms with Crippen LogP contribution >= 0.6 is 0 Å². The minimum atomic E-state index is -2.55. The van der Waals surface area contributed by atoms with Crippen LogP contribution in [-0.4, -0.2) is 13.4 Å². The van der Waals surface area contributed by atoms with Gasteiger partial charge >= 0.3 is 0 Å². The minimum Gasteiger partial charge on any atom is -0.403 e. The van der Waals surface area contributed by atoms with Crippen LogP contribution in [0.25, 0.3) is 0 Å². The lowest BCUT2D eigenvalue weighted by atomic mass is 9.84. The molecule has 32 heavy (non-hydrogen) atoms. The molecule has 1 N–H and O–H groups in total. The first-order chi connectivity index (χ1) is 15.4. The predicted molar refractivity (Wildman–Crippen MR) is 136 cm³/mol.